The molecule has 0 aromatic heterocycles. The van der Waals surface area contributed by atoms with Gasteiger partial charge < -0.3 is 19.1 Å². The zero-order valence-electron chi connectivity index (χ0n) is 19.2. The summed E-state index contributed by atoms with van der Waals surface area (Å²) in [5.41, 5.74) is 1.85. The molecule has 3 atom stereocenters. The Kier molecular flexibility index (Phi) is 12.3. The maximum atomic E-state index is 13.7. The molecule has 2 unspecified atom stereocenters. The standard InChI is InChI=1S/C25H35FN2O3S/c1-20(23(17-26)30-19-22-13-8-5-9-14-22)31-24(32-25(27)28(2)3)15-10-16-29-18-21-11-6-4-7-12-21/h4-9,11-14,20,23-24,27H,10,15-19H2,1-3H3/t20?,23?,24-/m1/s1. The molecule has 0 aliphatic heterocycles. The van der Waals surface area contributed by atoms with Crippen LogP contribution >= 0.6 is 11.8 Å². The van der Waals surface area contributed by atoms with Crippen LogP contribution in [0.2, 0.25) is 0 Å². The van der Waals surface area contributed by atoms with Crippen molar-refractivity contribution in [3.8, 4) is 0 Å². The molecule has 0 heterocycles. The highest BCUT2D eigenvalue weighted by Gasteiger charge is 2.24. The van der Waals surface area contributed by atoms with Gasteiger partial charge in [-0.15, -0.1) is 0 Å². The van der Waals surface area contributed by atoms with Gasteiger partial charge in [0.2, 0.25) is 0 Å². The molecule has 0 radical (unpaired) electrons. The molecule has 0 saturated carbocycles. The molecule has 0 aliphatic rings. The summed E-state index contributed by atoms with van der Waals surface area (Å²) in [7, 11) is 3.65. The number of nitrogens with one attached hydrogen (secondary N) is 1. The van der Waals surface area contributed by atoms with Crippen LogP contribution in [-0.4, -0.2) is 55.1 Å². The summed E-state index contributed by atoms with van der Waals surface area (Å²) in [5.74, 6) is 0. The van der Waals surface area contributed by atoms with Crippen molar-refractivity contribution in [3.05, 3.63) is 71.8 Å². The minimum Gasteiger partial charge on any atom is -0.377 e. The number of alkyl halides is 1. The lowest BCUT2D eigenvalue weighted by atomic mass is 10.2. The first-order valence-corrected chi connectivity index (χ1v) is 11.8. The maximum Gasteiger partial charge on any atom is 0.158 e. The van der Waals surface area contributed by atoms with Crippen molar-refractivity contribution in [2.24, 2.45) is 0 Å². The first-order chi connectivity index (χ1) is 15.5. The van der Waals surface area contributed by atoms with E-state index in [0.717, 1.165) is 17.5 Å². The van der Waals surface area contributed by atoms with E-state index < -0.39 is 18.9 Å². The van der Waals surface area contributed by atoms with Crippen LogP contribution < -0.4 is 0 Å². The summed E-state index contributed by atoms with van der Waals surface area (Å²) < 4.78 is 31.4. The van der Waals surface area contributed by atoms with Crippen molar-refractivity contribution >= 4 is 16.9 Å². The number of rotatable bonds is 14. The van der Waals surface area contributed by atoms with Gasteiger partial charge in [0.05, 0.1) is 19.3 Å². The largest absolute Gasteiger partial charge is 0.377 e. The quantitative estimate of drug-likeness (QED) is 0.174. The molecular formula is C25H35FN2O3S. The molecule has 0 saturated heterocycles. The van der Waals surface area contributed by atoms with Crippen LogP contribution in [0.3, 0.4) is 0 Å². The predicted octanol–water partition coefficient (Wildman–Crippen LogP) is 5.50. The number of thioether (sulfide) groups is 1. The highest BCUT2D eigenvalue weighted by atomic mass is 32.2. The lowest BCUT2D eigenvalue weighted by Gasteiger charge is -2.28. The summed E-state index contributed by atoms with van der Waals surface area (Å²) in [4.78, 5) is 1.73. The zero-order valence-corrected chi connectivity index (χ0v) is 20.0. The Labute approximate surface area is 195 Å². The Morgan fingerprint density at radius 2 is 1.59 bits per heavy atom. The van der Waals surface area contributed by atoms with Crippen molar-refractivity contribution in [3.63, 3.8) is 0 Å². The van der Waals surface area contributed by atoms with Crippen LogP contribution in [0.15, 0.2) is 60.7 Å². The number of hydrogen-bond donors (Lipinski definition) is 1. The third kappa shape index (κ3) is 10.1. The van der Waals surface area contributed by atoms with Gasteiger partial charge in [-0.05, 0) is 30.9 Å². The third-order valence-corrected chi connectivity index (χ3v) is 6.04. The van der Waals surface area contributed by atoms with E-state index in [1.165, 1.54) is 11.8 Å². The van der Waals surface area contributed by atoms with E-state index in [9.17, 15) is 4.39 Å². The lowest BCUT2D eigenvalue weighted by Crippen LogP contribution is -2.34. The highest BCUT2D eigenvalue weighted by molar-refractivity contribution is 8.14. The molecule has 0 bridgehead atoms. The topological polar surface area (TPSA) is 54.8 Å². The average Bonchev–Trinajstić information content (AvgIpc) is 2.80. The minimum absolute atomic E-state index is 0.283. The first kappa shape index (κ1) is 26.3. The van der Waals surface area contributed by atoms with Gasteiger partial charge in [-0.25, -0.2) is 4.39 Å². The fourth-order valence-electron chi connectivity index (χ4n) is 2.91. The Morgan fingerprint density at radius 1 is 1.00 bits per heavy atom. The Balaban J connectivity index is 1.83. The summed E-state index contributed by atoms with van der Waals surface area (Å²) in [6.45, 7) is 2.70. The van der Waals surface area contributed by atoms with Gasteiger partial charge in [-0.2, -0.15) is 0 Å². The molecule has 5 nitrogen and oxygen atoms in total. The molecule has 0 aliphatic carbocycles. The second-order valence-corrected chi connectivity index (χ2v) is 8.91. The average molecular weight is 463 g/mol. The SMILES string of the molecule is CC(O[C@@H](CCCOCc1ccccc1)SC(=N)N(C)C)C(CF)OCc1ccccc1. The van der Waals surface area contributed by atoms with Crippen LogP contribution in [0, 0.1) is 5.41 Å². The number of hydrogen-bond acceptors (Lipinski definition) is 5. The van der Waals surface area contributed by atoms with Crippen LogP contribution in [0.4, 0.5) is 4.39 Å². The second-order valence-electron chi connectivity index (χ2n) is 7.76. The van der Waals surface area contributed by atoms with Gasteiger partial charge in [0.1, 0.15) is 18.2 Å². The molecule has 32 heavy (non-hydrogen) atoms. The van der Waals surface area contributed by atoms with E-state index in [1.54, 1.807) is 4.90 Å². The molecule has 0 fully saturated rings. The maximum absolute atomic E-state index is 13.7. The number of amidine groups is 1. The summed E-state index contributed by atoms with van der Waals surface area (Å²) in [6.07, 6.45) is 0.364. The van der Waals surface area contributed by atoms with E-state index in [1.807, 2.05) is 81.7 Å². The van der Waals surface area contributed by atoms with Crippen molar-refractivity contribution in [2.45, 2.75) is 50.6 Å². The van der Waals surface area contributed by atoms with E-state index >= 15 is 0 Å². The summed E-state index contributed by atoms with van der Waals surface area (Å²) >= 11 is 1.33. The Bertz CT molecular complexity index is 764. The van der Waals surface area contributed by atoms with Crippen LogP contribution in [-0.2, 0) is 27.4 Å². The molecule has 2 aromatic carbocycles. The molecule has 2 aromatic rings. The first-order valence-electron chi connectivity index (χ1n) is 10.9. The predicted molar refractivity (Wildman–Crippen MR) is 130 cm³/mol. The van der Waals surface area contributed by atoms with Crippen molar-refractivity contribution < 1.29 is 18.6 Å². The minimum atomic E-state index is -0.666. The highest BCUT2D eigenvalue weighted by Crippen LogP contribution is 2.24. The number of nitrogens with zero attached hydrogens (tertiary/aromatic N) is 1. The number of halogens is 1. The number of ether oxygens (including phenoxy) is 3. The molecule has 0 amide bonds. The molecule has 7 heteroatoms. The Hall–Kier alpha value is -1.93. The lowest BCUT2D eigenvalue weighted by molar-refractivity contribution is -0.0882. The van der Waals surface area contributed by atoms with E-state index in [0.29, 0.717) is 31.4 Å². The van der Waals surface area contributed by atoms with Gasteiger partial charge in [0, 0.05) is 20.7 Å². The van der Waals surface area contributed by atoms with Crippen molar-refractivity contribution in [1.29, 1.82) is 5.41 Å². The fraction of sp³-hybridized carbons (Fsp3) is 0.480. The smallest absolute Gasteiger partial charge is 0.158 e. The summed E-state index contributed by atoms with van der Waals surface area (Å²) in [5, 5.41) is 8.56. The molecule has 176 valence electrons. The van der Waals surface area contributed by atoms with Crippen molar-refractivity contribution in [2.75, 3.05) is 27.4 Å². The Morgan fingerprint density at radius 3 is 2.16 bits per heavy atom. The monoisotopic (exact) mass is 462 g/mol. The van der Waals surface area contributed by atoms with E-state index in [-0.39, 0.29) is 5.44 Å². The molecular weight excluding hydrogens is 427 g/mol. The normalized spacial score (nSPS) is 14.0. The van der Waals surface area contributed by atoms with Crippen LogP contribution in [0.5, 0.6) is 0 Å². The molecule has 2 rings (SSSR count). The van der Waals surface area contributed by atoms with Crippen LogP contribution in [0.1, 0.15) is 30.9 Å². The van der Waals surface area contributed by atoms with E-state index in [2.05, 4.69) is 0 Å². The van der Waals surface area contributed by atoms with Gasteiger partial charge in [-0.3, -0.25) is 5.41 Å². The molecule has 0 spiro atoms. The zero-order chi connectivity index (χ0) is 23.2. The van der Waals surface area contributed by atoms with Gasteiger partial charge in [0.25, 0.3) is 0 Å². The number of benzene rings is 2. The third-order valence-electron chi connectivity index (χ3n) is 4.84. The van der Waals surface area contributed by atoms with Crippen molar-refractivity contribution in [1.82, 2.24) is 4.90 Å². The molecule has 1 N–H and O–H groups in total. The fourth-order valence-corrected chi connectivity index (χ4v) is 3.89. The van der Waals surface area contributed by atoms with Crippen LogP contribution in [0.25, 0.3) is 0 Å². The van der Waals surface area contributed by atoms with Gasteiger partial charge in [-0.1, -0.05) is 72.4 Å². The van der Waals surface area contributed by atoms with E-state index in [4.69, 9.17) is 19.6 Å². The second kappa shape index (κ2) is 15.0. The van der Waals surface area contributed by atoms with Gasteiger partial charge in [0.15, 0.2) is 5.17 Å². The summed E-state index contributed by atoms with van der Waals surface area (Å²) in [6, 6.07) is 19.8. The van der Waals surface area contributed by atoms with Gasteiger partial charge >= 0.3 is 0 Å².